The molecule has 0 amide bonds. The Morgan fingerprint density at radius 1 is 1.40 bits per heavy atom. The Balaban J connectivity index is 2.24. The van der Waals surface area contributed by atoms with Crippen LogP contribution < -0.4 is 4.74 Å². The van der Waals surface area contributed by atoms with Crippen molar-refractivity contribution in [2.45, 2.75) is 6.92 Å². The number of hydrogen-bond acceptors (Lipinski definition) is 4. The first-order chi connectivity index (χ1) is 7.15. The fourth-order valence-electron chi connectivity index (χ4n) is 1.02. The van der Waals surface area contributed by atoms with Gasteiger partial charge < -0.3 is 4.74 Å². The van der Waals surface area contributed by atoms with Crippen molar-refractivity contribution in [2.75, 3.05) is 0 Å². The fourth-order valence-corrected chi connectivity index (χ4v) is 2.22. The highest BCUT2D eigenvalue weighted by molar-refractivity contribution is 9.11. The van der Waals surface area contributed by atoms with E-state index in [2.05, 4.69) is 26.1 Å². The van der Waals surface area contributed by atoms with Gasteiger partial charge in [-0.2, -0.15) is 0 Å². The first-order valence-electron chi connectivity index (χ1n) is 4.08. The molecule has 0 atom stereocenters. The van der Waals surface area contributed by atoms with E-state index in [0.717, 1.165) is 5.56 Å². The molecule has 78 valence electrons. The number of ether oxygens (including phenoxy) is 1. The first kappa shape index (κ1) is 10.9. The molecule has 0 aliphatic carbocycles. The van der Waals surface area contributed by atoms with Gasteiger partial charge in [-0.3, -0.25) is 0 Å². The van der Waals surface area contributed by atoms with Gasteiger partial charge in [0.25, 0.3) is 5.19 Å². The molecule has 3 nitrogen and oxygen atoms in total. The molecule has 0 saturated carbocycles. The number of nitrogens with zero attached hydrogens (tertiary/aromatic N) is 2. The second kappa shape index (κ2) is 4.47. The number of halogens is 2. The Kier molecular flexibility index (Phi) is 3.23. The van der Waals surface area contributed by atoms with Gasteiger partial charge in [-0.05, 0) is 51.9 Å². The largest absolute Gasteiger partial charge is 0.428 e. The van der Waals surface area contributed by atoms with Gasteiger partial charge in [0.05, 0.1) is 5.02 Å². The van der Waals surface area contributed by atoms with Gasteiger partial charge in [0, 0.05) is 0 Å². The fraction of sp³-hybridized carbons (Fsp3) is 0.111. The molecule has 0 aliphatic heterocycles. The maximum absolute atomic E-state index is 6.01. The summed E-state index contributed by atoms with van der Waals surface area (Å²) in [5.41, 5.74) is 1.09. The Morgan fingerprint density at radius 2 is 2.20 bits per heavy atom. The molecule has 1 aromatic carbocycles. The third-order valence-electron chi connectivity index (χ3n) is 1.67. The molecule has 6 heteroatoms. The Morgan fingerprint density at radius 3 is 2.80 bits per heavy atom. The Labute approximate surface area is 104 Å². The van der Waals surface area contributed by atoms with Crippen LogP contribution in [0.2, 0.25) is 5.02 Å². The molecule has 0 bridgehead atoms. The zero-order chi connectivity index (χ0) is 10.8. The van der Waals surface area contributed by atoms with Crippen molar-refractivity contribution < 1.29 is 4.74 Å². The molecule has 0 saturated heterocycles. The second-order valence-corrected chi connectivity index (χ2v) is 5.48. The predicted octanol–water partition coefficient (Wildman–Crippen LogP) is 4.05. The molecule has 2 aromatic rings. The summed E-state index contributed by atoms with van der Waals surface area (Å²) >= 11 is 10.5. The highest BCUT2D eigenvalue weighted by Crippen LogP contribution is 2.32. The molecule has 1 aromatic heterocycles. The number of hydrogen-bond donors (Lipinski definition) is 0. The average molecular weight is 306 g/mol. The summed E-state index contributed by atoms with van der Waals surface area (Å²) in [7, 11) is 0. The van der Waals surface area contributed by atoms with Crippen molar-refractivity contribution in [2.24, 2.45) is 0 Å². The lowest BCUT2D eigenvalue weighted by atomic mass is 10.2. The summed E-state index contributed by atoms with van der Waals surface area (Å²) in [6.45, 7) is 1.97. The van der Waals surface area contributed by atoms with Crippen LogP contribution in [0, 0.1) is 6.92 Å². The van der Waals surface area contributed by atoms with Gasteiger partial charge in [0.15, 0.2) is 3.92 Å². The molecule has 1 heterocycles. The van der Waals surface area contributed by atoms with Gasteiger partial charge in [-0.15, -0.1) is 5.10 Å². The third kappa shape index (κ3) is 2.68. The van der Waals surface area contributed by atoms with Crippen molar-refractivity contribution >= 4 is 38.9 Å². The summed E-state index contributed by atoms with van der Waals surface area (Å²) < 4.78 is 6.15. The van der Waals surface area contributed by atoms with Crippen LogP contribution in [0.5, 0.6) is 10.9 Å². The summed E-state index contributed by atoms with van der Waals surface area (Å²) in [6, 6.07) is 5.58. The molecule has 0 fully saturated rings. The minimum Gasteiger partial charge on any atom is -0.428 e. The lowest BCUT2D eigenvalue weighted by molar-refractivity contribution is 0.473. The molecule has 0 unspecified atom stereocenters. The SMILES string of the molecule is Cc1ccc(Oc2nnc(Br)s2)c(Cl)c1. The highest BCUT2D eigenvalue weighted by Gasteiger charge is 2.07. The van der Waals surface area contributed by atoms with Crippen LogP contribution in [0.25, 0.3) is 0 Å². The van der Waals surface area contributed by atoms with E-state index in [4.69, 9.17) is 16.3 Å². The second-order valence-electron chi connectivity index (χ2n) is 2.86. The molecule has 0 N–H and O–H groups in total. The summed E-state index contributed by atoms with van der Waals surface area (Å²) in [4.78, 5) is 0. The van der Waals surface area contributed by atoms with E-state index in [1.54, 1.807) is 0 Å². The van der Waals surface area contributed by atoms with E-state index in [1.165, 1.54) is 11.3 Å². The highest BCUT2D eigenvalue weighted by atomic mass is 79.9. The number of aryl methyl sites for hydroxylation is 1. The molecular weight excluding hydrogens is 300 g/mol. The number of aromatic nitrogens is 2. The Bertz CT molecular complexity index is 489. The normalized spacial score (nSPS) is 10.3. The zero-order valence-corrected chi connectivity index (χ0v) is 10.9. The van der Waals surface area contributed by atoms with Gasteiger partial charge in [0.1, 0.15) is 5.75 Å². The van der Waals surface area contributed by atoms with E-state index in [-0.39, 0.29) is 0 Å². The molecule has 15 heavy (non-hydrogen) atoms. The first-order valence-corrected chi connectivity index (χ1v) is 6.07. The van der Waals surface area contributed by atoms with Crippen molar-refractivity contribution in [3.8, 4) is 10.9 Å². The zero-order valence-electron chi connectivity index (χ0n) is 7.70. The quantitative estimate of drug-likeness (QED) is 0.839. The molecule has 0 spiro atoms. The van der Waals surface area contributed by atoms with Gasteiger partial charge >= 0.3 is 0 Å². The molecular formula is C9H6BrClN2OS. The van der Waals surface area contributed by atoms with E-state index in [1.807, 2.05) is 25.1 Å². The van der Waals surface area contributed by atoms with E-state index in [0.29, 0.717) is 19.9 Å². The maximum atomic E-state index is 6.01. The summed E-state index contributed by atoms with van der Waals surface area (Å²) in [5.74, 6) is 0.589. The number of benzene rings is 1. The third-order valence-corrected chi connectivity index (χ3v) is 3.20. The molecule has 0 radical (unpaired) electrons. The van der Waals surface area contributed by atoms with Crippen LogP contribution in [-0.2, 0) is 0 Å². The lowest BCUT2D eigenvalue weighted by Crippen LogP contribution is -1.85. The van der Waals surface area contributed by atoms with E-state index < -0.39 is 0 Å². The van der Waals surface area contributed by atoms with Gasteiger partial charge in [-0.1, -0.05) is 22.8 Å². The molecule has 0 aliphatic rings. The monoisotopic (exact) mass is 304 g/mol. The number of rotatable bonds is 2. The smallest absolute Gasteiger partial charge is 0.300 e. The standard InChI is InChI=1S/C9H6BrClN2OS/c1-5-2-3-7(6(11)4-5)14-9-13-12-8(10)15-9/h2-4H,1H3. The van der Waals surface area contributed by atoms with Crippen molar-refractivity contribution in [3.05, 3.63) is 32.7 Å². The van der Waals surface area contributed by atoms with Gasteiger partial charge in [-0.25, -0.2) is 0 Å². The van der Waals surface area contributed by atoms with Gasteiger partial charge in [0.2, 0.25) is 0 Å². The van der Waals surface area contributed by atoms with Crippen LogP contribution in [0.1, 0.15) is 5.56 Å². The minimum atomic E-state index is 0.465. The van der Waals surface area contributed by atoms with Crippen LogP contribution in [0.3, 0.4) is 0 Å². The Hall–Kier alpha value is -0.650. The van der Waals surface area contributed by atoms with Crippen LogP contribution in [-0.4, -0.2) is 10.2 Å². The van der Waals surface area contributed by atoms with Crippen molar-refractivity contribution in [3.63, 3.8) is 0 Å². The maximum Gasteiger partial charge on any atom is 0.300 e. The van der Waals surface area contributed by atoms with Crippen molar-refractivity contribution in [1.29, 1.82) is 0 Å². The lowest BCUT2D eigenvalue weighted by Gasteiger charge is -2.03. The molecule has 2 rings (SSSR count). The van der Waals surface area contributed by atoms with E-state index >= 15 is 0 Å². The summed E-state index contributed by atoms with van der Waals surface area (Å²) in [5, 5.41) is 8.63. The summed E-state index contributed by atoms with van der Waals surface area (Å²) in [6.07, 6.45) is 0. The predicted molar refractivity (Wildman–Crippen MR) is 63.9 cm³/mol. The van der Waals surface area contributed by atoms with Crippen LogP contribution in [0.4, 0.5) is 0 Å². The van der Waals surface area contributed by atoms with Crippen molar-refractivity contribution in [1.82, 2.24) is 10.2 Å². The minimum absolute atomic E-state index is 0.465. The average Bonchev–Trinajstić information content (AvgIpc) is 2.56. The topological polar surface area (TPSA) is 35.0 Å². The van der Waals surface area contributed by atoms with E-state index in [9.17, 15) is 0 Å². The van der Waals surface area contributed by atoms with Crippen LogP contribution in [0.15, 0.2) is 22.1 Å². The van der Waals surface area contributed by atoms with Crippen LogP contribution >= 0.6 is 38.9 Å².